The van der Waals surface area contributed by atoms with Gasteiger partial charge in [-0.2, -0.15) is 4.98 Å². The molecule has 0 amide bonds. The Morgan fingerprint density at radius 3 is 3.00 bits per heavy atom. The van der Waals surface area contributed by atoms with Gasteiger partial charge in [0, 0.05) is 25.3 Å². The summed E-state index contributed by atoms with van der Waals surface area (Å²) in [6.45, 7) is 1.74. The van der Waals surface area contributed by atoms with E-state index in [9.17, 15) is 0 Å². The Balaban J connectivity index is 2.16. The highest BCUT2D eigenvalue weighted by Gasteiger charge is 2.20. The van der Waals surface area contributed by atoms with Gasteiger partial charge in [0.05, 0.1) is 0 Å². The van der Waals surface area contributed by atoms with E-state index in [0.717, 1.165) is 19.5 Å². The van der Waals surface area contributed by atoms with Crippen molar-refractivity contribution in [1.82, 2.24) is 9.97 Å². The van der Waals surface area contributed by atoms with E-state index in [1.54, 1.807) is 12.3 Å². The molecule has 0 bridgehead atoms. The smallest absolute Gasteiger partial charge is 0.227 e. The van der Waals surface area contributed by atoms with Crippen molar-refractivity contribution in [2.24, 2.45) is 5.73 Å². The molecule has 5 nitrogen and oxygen atoms in total. The average Bonchev–Trinajstić information content (AvgIpc) is 2.52. The molecule has 1 aromatic rings. The molecule has 1 atom stereocenters. The second-order valence-corrected chi connectivity index (χ2v) is 3.28. The molecule has 1 saturated heterocycles. The van der Waals surface area contributed by atoms with Crippen LogP contribution >= 0.6 is 0 Å². The topological polar surface area (TPSA) is 81.1 Å². The Kier molecular flexibility index (Phi) is 2.02. The Hall–Kier alpha value is -1.36. The first-order chi connectivity index (χ1) is 6.25. The number of nitrogens with two attached hydrogens (primary N) is 2. The van der Waals surface area contributed by atoms with Crippen molar-refractivity contribution in [3.05, 3.63) is 12.3 Å². The van der Waals surface area contributed by atoms with Gasteiger partial charge < -0.3 is 16.4 Å². The Morgan fingerprint density at radius 1 is 1.54 bits per heavy atom. The molecule has 13 heavy (non-hydrogen) atoms. The summed E-state index contributed by atoms with van der Waals surface area (Å²) in [6, 6.07) is 1.92. The second kappa shape index (κ2) is 3.18. The molecule has 4 N–H and O–H groups in total. The Morgan fingerprint density at radius 2 is 2.38 bits per heavy atom. The number of hydrogen-bond donors (Lipinski definition) is 2. The molecule has 1 aliphatic heterocycles. The van der Waals surface area contributed by atoms with Crippen molar-refractivity contribution in [1.29, 1.82) is 0 Å². The van der Waals surface area contributed by atoms with Gasteiger partial charge in [0.25, 0.3) is 0 Å². The normalized spacial score (nSPS) is 22.2. The van der Waals surface area contributed by atoms with Gasteiger partial charge in [-0.15, -0.1) is 0 Å². The van der Waals surface area contributed by atoms with Crippen LogP contribution in [0.4, 0.5) is 11.8 Å². The predicted molar refractivity (Wildman–Crippen MR) is 51.2 cm³/mol. The van der Waals surface area contributed by atoms with E-state index < -0.39 is 0 Å². The van der Waals surface area contributed by atoms with Crippen LogP contribution in [-0.2, 0) is 0 Å². The van der Waals surface area contributed by atoms with Crippen LogP contribution in [0.2, 0.25) is 0 Å². The predicted octanol–water partition coefficient (Wildman–Crippen LogP) is -0.404. The summed E-state index contributed by atoms with van der Waals surface area (Å²) >= 11 is 0. The van der Waals surface area contributed by atoms with E-state index in [-0.39, 0.29) is 6.04 Å². The molecule has 0 aliphatic carbocycles. The lowest BCUT2D eigenvalue weighted by Gasteiger charge is -2.14. The first-order valence-electron chi connectivity index (χ1n) is 4.35. The maximum atomic E-state index is 5.77. The van der Waals surface area contributed by atoms with Gasteiger partial charge >= 0.3 is 0 Å². The third kappa shape index (κ3) is 1.70. The quantitative estimate of drug-likeness (QED) is 0.613. The first kappa shape index (κ1) is 8.25. The third-order valence-electron chi connectivity index (χ3n) is 2.17. The zero-order valence-electron chi connectivity index (χ0n) is 7.35. The fraction of sp³-hybridized carbons (Fsp3) is 0.500. The lowest BCUT2D eigenvalue weighted by Crippen LogP contribution is -2.27. The Labute approximate surface area is 76.8 Å². The molecule has 1 fully saturated rings. The largest absolute Gasteiger partial charge is 0.384 e. The van der Waals surface area contributed by atoms with Crippen molar-refractivity contribution in [3.63, 3.8) is 0 Å². The molecule has 0 saturated carbocycles. The summed E-state index contributed by atoms with van der Waals surface area (Å²) in [6.07, 6.45) is 2.67. The summed E-state index contributed by atoms with van der Waals surface area (Å²) in [7, 11) is 0. The van der Waals surface area contributed by atoms with E-state index in [1.165, 1.54) is 0 Å². The molecule has 1 aliphatic rings. The maximum Gasteiger partial charge on any atom is 0.227 e. The number of anilines is 2. The summed E-state index contributed by atoms with van der Waals surface area (Å²) < 4.78 is 0. The highest BCUT2D eigenvalue weighted by atomic mass is 15.3. The minimum Gasteiger partial charge on any atom is -0.384 e. The van der Waals surface area contributed by atoms with E-state index in [0.29, 0.717) is 11.8 Å². The van der Waals surface area contributed by atoms with Gasteiger partial charge in [0.2, 0.25) is 5.95 Å². The molecule has 5 heteroatoms. The highest BCUT2D eigenvalue weighted by molar-refractivity contribution is 5.38. The lowest BCUT2D eigenvalue weighted by atomic mass is 10.3. The minimum atomic E-state index is 0.241. The van der Waals surface area contributed by atoms with Crippen molar-refractivity contribution in [2.75, 3.05) is 23.7 Å². The van der Waals surface area contributed by atoms with Gasteiger partial charge in [-0.25, -0.2) is 4.98 Å². The SMILES string of the molecule is Nc1ccnc(N2CCC(N)C2)n1. The molecule has 0 aromatic carbocycles. The standard InChI is InChI=1S/C8H13N5/c9-6-2-4-13(5-6)8-11-3-1-7(10)12-8/h1,3,6H,2,4-5,9H2,(H2,10,11,12). The summed E-state index contributed by atoms with van der Waals surface area (Å²) in [5.74, 6) is 1.19. The van der Waals surface area contributed by atoms with Gasteiger partial charge in [0.15, 0.2) is 0 Å². The highest BCUT2D eigenvalue weighted by Crippen LogP contribution is 2.14. The second-order valence-electron chi connectivity index (χ2n) is 3.28. The molecular weight excluding hydrogens is 166 g/mol. The molecule has 2 rings (SSSR count). The monoisotopic (exact) mass is 179 g/mol. The number of nitrogens with zero attached hydrogens (tertiary/aromatic N) is 3. The fourth-order valence-corrected chi connectivity index (χ4v) is 1.48. The third-order valence-corrected chi connectivity index (χ3v) is 2.17. The van der Waals surface area contributed by atoms with E-state index in [4.69, 9.17) is 11.5 Å². The Bertz CT molecular complexity index is 300. The lowest BCUT2D eigenvalue weighted by molar-refractivity contribution is 0.750. The molecule has 2 heterocycles. The van der Waals surface area contributed by atoms with Crippen LogP contribution in [0.3, 0.4) is 0 Å². The molecular formula is C8H13N5. The van der Waals surface area contributed by atoms with E-state index in [2.05, 4.69) is 14.9 Å². The van der Waals surface area contributed by atoms with Crippen LogP contribution in [0.5, 0.6) is 0 Å². The molecule has 0 spiro atoms. The van der Waals surface area contributed by atoms with Crippen LogP contribution in [0.15, 0.2) is 12.3 Å². The van der Waals surface area contributed by atoms with Crippen molar-refractivity contribution >= 4 is 11.8 Å². The van der Waals surface area contributed by atoms with Gasteiger partial charge in [-0.1, -0.05) is 0 Å². The van der Waals surface area contributed by atoms with Crippen molar-refractivity contribution in [2.45, 2.75) is 12.5 Å². The number of aromatic nitrogens is 2. The van der Waals surface area contributed by atoms with Crippen LogP contribution in [0.25, 0.3) is 0 Å². The van der Waals surface area contributed by atoms with Crippen LogP contribution in [0.1, 0.15) is 6.42 Å². The zero-order chi connectivity index (χ0) is 9.26. The molecule has 70 valence electrons. The average molecular weight is 179 g/mol. The van der Waals surface area contributed by atoms with Gasteiger partial charge in [-0.3, -0.25) is 0 Å². The molecule has 1 aromatic heterocycles. The van der Waals surface area contributed by atoms with Gasteiger partial charge in [-0.05, 0) is 12.5 Å². The fourth-order valence-electron chi connectivity index (χ4n) is 1.48. The van der Waals surface area contributed by atoms with Crippen LogP contribution in [-0.4, -0.2) is 29.1 Å². The zero-order valence-corrected chi connectivity index (χ0v) is 7.35. The first-order valence-corrected chi connectivity index (χ1v) is 4.35. The van der Waals surface area contributed by atoms with Crippen LogP contribution < -0.4 is 16.4 Å². The summed E-state index contributed by atoms with van der Waals surface area (Å²) in [5.41, 5.74) is 11.3. The minimum absolute atomic E-state index is 0.241. The summed E-state index contributed by atoms with van der Waals surface area (Å²) in [5, 5.41) is 0. The van der Waals surface area contributed by atoms with Crippen LogP contribution in [0, 0.1) is 0 Å². The molecule has 1 unspecified atom stereocenters. The summed E-state index contributed by atoms with van der Waals surface area (Å²) in [4.78, 5) is 10.3. The maximum absolute atomic E-state index is 5.77. The molecule has 0 radical (unpaired) electrons. The number of hydrogen-bond acceptors (Lipinski definition) is 5. The number of nitrogen functional groups attached to an aromatic ring is 1. The van der Waals surface area contributed by atoms with Crippen molar-refractivity contribution in [3.8, 4) is 0 Å². The van der Waals surface area contributed by atoms with Gasteiger partial charge in [0.1, 0.15) is 5.82 Å². The van der Waals surface area contributed by atoms with E-state index >= 15 is 0 Å². The van der Waals surface area contributed by atoms with Crippen molar-refractivity contribution < 1.29 is 0 Å². The number of rotatable bonds is 1. The van der Waals surface area contributed by atoms with E-state index in [1.807, 2.05) is 0 Å².